The van der Waals surface area contributed by atoms with Gasteiger partial charge in [0.15, 0.2) is 0 Å². The first-order valence-electron chi connectivity index (χ1n) is 5.17. The van der Waals surface area contributed by atoms with Crippen LogP contribution in [0, 0.1) is 10.1 Å². The number of carbonyl (C=O) groups excluding carboxylic acids is 2. The molecule has 1 heterocycles. The number of hydrogen-bond acceptors (Lipinski definition) is 5. The van der Waals surface area contributed by atoms with Gasteiger partial charge in [0.25, 0.3) is 17.5 Å². The summed E-state index contributed by atoms with van der Waals surface area (Å²) in [6, 6.07) is 2.72. The number of amides is 2. The summed E-state index contributed by atoms with van der Waals surface area (Å²) in [5.74, 6) is -1.15. The van der Waals surface area contributed by atoms with Crippen LogP contribution in [0.25, 0.3) is 0 Å². The van der Waals surface area contributed by atoms with E-state index in [0.717, 1.165) is 4.90 Å². The first-order valence-corrected chi connectivity index (χ1v) is 5.17. The molecule has 1 aliphatic rings. The number of hydrogen-bond donors (Lipinski definition) is 0. The SMILES string of the molecule is CN1C(=O)c2c(N(C)C)ccc([N+](=O)[O-])c2C1=O. The summed E-state index contributed by atoms with van der Waals surface area (Å²) >= 11 is 0. The molecule has 0 N–H and O–H groups in total. The minimum Gasteiger partial charge on any atom is -0.377 e. The van der Waals surface area contributed by atoms with E-state index in [1.54, 1.807) is 19.0 Å². The lowest BCUT2D eigenvalue weighted by Crippen LogP contribution is -2.25. The molecule has 1 aromatic carbocycles. The standard InChI is InChI=1S/C11H11N3O4/c1-12(2)6-4-5-7(14(17)18)9-8(6)10(15)13(3)11(9)16/h4-5H,1-3H3. The molecule has 0 spiro atoms. The fraction of sp³-hybridized carbons (Fsp3) is 0.273. The predicted molar refractivity (Wildman–Crippen MR) is 63.8 cm³/mol. The molecular weight excluding hydrogens is 238 g/mol. The van der Waals surface area contributed by atoms with E-state index in [1.807, 2.05) is 0 Å². The van der Waals surface area contributed by atoms with Gasteiger partial charge in [-0.25, -0.2) is 0 Å². The second-order valence-electron chi connectivity index (χ2n) is 4.17. The highest BCUT2D eigenvalue weighted by Crippen LogP contribution is 2.36. The Balaban J connectivity index is 2.82. The van der Waals surface area contributed by atoms with Gasteiger partial charge in [-0.15, -0.1) is 0 Å². The van der Waals surface area contributed by atoms with Crippen LogP contribution >= 0.6 is 0 Å². The fourth-order valence-electron chi connectivity index (χ4n) is 1.97. The lowest BCUT2D eigenvalue weighted by Gasteiger charge is -2.15. The van der Waals surface area contributed by atoms with Crippen molar-refractivity contribution in [2.24, 2.45) is 0 Å². The van der Waals surface area contributed by atoms with E-state index in [2.05, 4.69) is 0 Å². The van der Waals surface area contributed by atoms with Crippen molar-refractivity contribution in [2.75, 3.05) is 26.0 Å². The summed E-state index contributed by atoms with van der Waals surface area (Å²) in [6.45, 7) is 0. The van der Waals surface area contributed by atoms with Crippen LogP contribution in [-0.2, 0) is 0 Å². The highest BCUT2D eigenvalue weighted by Gasteiger charge is 2.41. The number of rotatable bonds is 2. The Morgan fingerprint density at radius 1 is 1.17 bits per heavy atom. The summed E-state index contributed by atoms with van der Waals surface area (Å²) in [7, 11) is 4.73. The van der Waals surface area contributed by atoms with Crippen molar-refractivity contribution < 1.29 is 14.5 Å². The summed E-state index contributed by atoms with van der Waals surface area (Å²) < 4.78 is 0. The minimum atomic E-state index is -0.650. The predicted octanol–water partition coefficient (Wildman–Crippen LogP) is 0.887. The maximum absolute atomic E-state index is 12.0. The maximum Gasteiger partial charge on any atom is 0.283 e. The molecule has 1 aliphatic heterocycles. The molecule has 94 valence electrons. The molecule has 0 aliphatic carbocycles. The van der Waals surface area contributed by atoms with Gasteiger partial charge in [-0.3, -0.25) is 24.6 Å². The van der Waals surface area contributed by atoms with Gasteiger partial charge in [-0.1, -0.05) is 0 Å². The van der Waals surface area contributed by atoms with Gasteiger partial charge in [-0.2, -0.15) is 0 Å². The van der Waals surface area contributed by atoms with E-state index >= 15 is 0 Å². The van der Waals surface area contributed by atoms with Gasteiger partial charge in [0.2, 0.25) is 0 Å². The summed E-state index contributed by atoms with van der Waals surface area (Å²) in [5, 5.41) is 10.9. The topological polar surface area (TPSA) is 83.8 Å². The molecule has 0 bridgehead atoms. The molecule has 0 atom stereocenters. The highest BCUT2D eigenvalue weighted by molar-refractivity contribution is 6.25. The second kappa shape index (κ2) is 3.80. The Bertz CT molecular complexity index is 580. The Hall–Kier alpha value is -2.44. The molecule has 1 aromatic rings. The first kappa shape index (κ1) is 12.0. The molecule has 0 fully saturated rings. The van der Waals surface area contributed by atoms with E-state index in [0.29, 0.717) is 5.69 Å². The molecule has 18 heavy (non-hydrogen) atoms. The number of nitro benzene ring substituents is 1. The number of fused-ring (bicyclic) bond motifs is 1. The molecular formula is C11H11N3O4. The molecule has 7 heteroatoms. The van der Waals surface area contributed by atoms with Gasteiger partial charge >= 0.3 is 0 Å². The van der Waals surface area contributed by atoms with Crippen LogP contribution in [0.1, 0.15) is 20.7 Å². The summed E-state index contributed by atoms with van der Waals surface area (Å²) in [5.41, 5.74) is 0.136. The fourth-order valence-corrected chi connectivity index (χ4v) is 1.97. The molecule has 0 saturated carbocycles. The zero-order chi connectivity index (χ0) is 13.6. The van der Waals surface area contributed by atoms with Gasteiger partial charge in [-0.05, 0) is 6.07 Å². The second-order valence-corrected chi connectivity index (χ2v) is 4.17. The zero-order valence-electron chi connectivity index (χ0n) is 10.1. The van der Waals surface area contributed by atoms with Crippen LogP contribution in [0.15, 0.2) is 12.1 Å². The third kappa shape index (κ3) is 1.44. The summed E-state index contributed by atoms with van der Waals surface area (Å²) in [4.78, 5) is 36.7. The Morgan fingerprint density at radius 3 is 2.22 bits per heavy atom. The molecule has 2 rings (SSSR count). The van der Waals surface area contributed by atoms with E-state index < -0.39 is 16.7 Å². The van der Waals surface area contributed by atoms with Crippen molar-refractivity contribution in [1.29, 1.82) is 0 Å². The van der Waals surface area contributed by atoms with Crippen LogP contribution in [0.2, 0.25) is 0 Å². The number of imide groups is 1. The van der Waals surface area contributed by atoms with E-state index in [-0.39, 0.29) is 16.8 Å². The molecule has 0 unspecified atom stereocenters. The van der Waals surface area contributed by atoms with Crippen molar-refractivity contribution in [1.82, 2.24) is 4.90 Å². The summed E-state index contributed by atoms with van der Waals surface area (Å²) in [6.07, 6.45) is 0. The van der Waals surface area contributed by atoms with Crippen molar-refractivity contribution in [3.05, 3.63) is 33.4 Å². The quantitative estimate of drug-likeness (QED) is 0.441. The normalized spacial score (nSPS) is 13.8. The maximum atomic E-state index is 12.0. The number of nitrogens with zero attached hydrogens (tertiary/aromatic N) is 3. The van der Waals surface area contributed by atoms with Crippen molar-refractivity contribution >= 4 is 23.2 Å². The van der Waals surface area contributed by atoms with Crippen LogP contribution in [0.5, 0.6) is 0 Å². The van der Waals surface area contributed by atoms with Crippen LogP contribution in [0.4, 0.5) is 11.4 Å². The monoisotopic (exact) mass is 249 g/mol. The van der Waals surface area contributed by atoms with Gasteiger partial charge in [0.1, 0.15) is 5.56 Å². The van der Waals surface area contributed by atoms with Gasteiger partial charge in [0.05, 0.1) is 16.2 Å². The van der Waals surface area contributed by atoms with Crippen LogP contribution in [-0.4, -0.2) is 42.8 Å². The molecule has 2 amide bonds. The smallest absolute Gasteiger partial charge is 0.283 e. The Kier molecular flexibility index (Phi) is 2.54. The average molecular weight is 249 g/mol. The lowest BCUT2D eigenvalue weighted by atomic mass is 10.0. The minimum absolute atomic E-state index is 0.0988. The van der Waals surface area contributed by atoms with Gasteiger partial charge in [0, 0.05) is 27.2 Å². The number of anilines is 1. The van der Waals surface area contributed by atoms with Crippen LogP contribution in [0.3, 0.4) is 0 Å². The van der Waals surface area contributed by atoms with E-state index in [9.17, 15) is 19.7 Å². The van der Waals surface area contributed by atoms with Crippen molar-refractivity contribution in [2.45, 2.75) is 0 Å². The third-order valence-electron chi connectivity index (χ3n) is 2.88. The largest absolute Gasteiger partial charge is 0.377 e. The number of carbonyl (C=O) groups is 2. The lowest BCUT2D eigenvalue weighted by molar-refractivity contribution is -0.385. The number of nitro groups is 1. The average Bonchev–Trinajstić information content (AvgIpc) is 2.53. The highest BCUT2D eigenvalue weighted by atomic mass is 16.6. The zero-order valence-corrected chi connectivity index (χ0v) is 10.1. The number of benzene rings is 1. The third-order valence-corrected chi connectivity index (χ3v) is 2.88. The van der Waals surface area contributed by atoms with E-state index in [4.69, 9.17) is 0 Å². The van der Waals surface area contributed by atoms with Gasteiger partial charge < -0.3 is 4.90 Å². The first-order chi connectivity index (χ1) is 8.36. The van der Waals surface area contributed by atoms with Crippen molar-refractivity contribution in [3.63, 3.8) is 0 Å². The van der Waals surface area contributed by atoms with E-state index in [1.165, 1.54) is 19.2 Å². The molecule has 0 radical (unpaired) electrons. The molecule has 0 saturated heterocycles. The molecule has 0 aromatic heterocycles. The Labute approximate surface area is 103 Å². The molecule has 7 nitrogen and oxygen atoms in total. The van der Waals surface area contributed by atoms with Crippen LogP contribution < -0.4 is 4.90 Å². The Morgan fingerprint density at radius 2 is 1.72 bits per heavy atom. The van der Waals surface area contributed by atoms with Crippen molar-refractivity contribution in [3.8, 4) is 0 Å².